The van der Waals surface area contributed by atoms with Gasteiger partial charge in [0.25, 0.3) is 0 Å². The van der Waals surface area contributed by atoms with Crippen LogP contribution < -0.4 is 10.6 Å². The minimum Gasteiger partial charge on any atom is -0.346 e. The molecular weight excluding hydrogens is 400 g/mol. The zero-order valence-corrected chi connectivity index (χ0v) is 15.2. The Bertz CT molecular complexity index is 677. The van der Waals surface area contributed by atoms with Crippen LogP contribution in [0.2, 0.25) is 5.02 Å². The zero-order valence-electron chi connectivity index (χ0n) is 12.0. The molecule has 23 heavy (non-hydrogen) atoms. The van der Waals surface area contributed by atoms with Gasteiger partial charge in [-0.15, -0.1) is 11.8 Å². The number of anilines is 1. The van der Waals surface area contributed by atoms with Crippen molar-refractivity contribution in [2.75, 3.05) is 17.6 Å². The van der Waals surface area contributed by atoms with Gasteiger partial charge in [0.15, 0.2) is 0 Å². The lowest BCUT2D eigenvalue weighted by Crippen LogP contribution is -2.33. The van der Waals surface area contributed by atoms with Gasteiger partial charge in [-0.2, -0.15) is 0 Å². The molecule has 120 valence electrons. The summed E-state index contributed by atoms with van der Waals surface area (Å²) in [6, 6.07) is 14.5. The summed E-state index contributed by atoms with van der Waals surface area (Å²) >= 11 is 10.5. The van der Waals surface area contributed by atoms with E-state index in [4.69, 9.17) is 11.6 Å². The van der Waals surface area contributed by atoms with E-state index in [0.717, 1.165) is 9.37 Å². The van der Waals surface area contributed by atoms with Crippen molar-refractivity contribution in [1.29, 1.82) is 0 Å². The van der Waals surface area contributed by atoms with E-state index in [2.05, 4.69) is 26.6 Å². The van der Waals surface area contributed by atoms with Crippen LogP contribution in [0.25, 0.3) is 0 Å². The molecule has 2 N–H and O–H groups in total. The van der Waals surface area contributed by atoms with Gasteiger partial charge in [0.05, 0.1) is 12.3 Å². The first-order valence-electron chi connectivity index (χ1n) is 6.73. The van der Waals surface area contributed by atoms with Crippen molar-refractivity contribution in [3.63, 3.8) is 0 Å². The van der Waals surface area contributed by atoms with Crippen LogP contribution in [-0.2, 0) is 9.59 Å². The second-order valence-corrected chi connectivity index (χ2v) is 6.98. The molecule has 0 bridgehead atoms. The summed E-state index contributed by atoms with van der Waals surface area (Å²) in [5.74, 6) is -0.221. The Morgan fingerprint density at radius 3 is 2.30 bits per heavy atom. The number of hydrogen-bond donors (Lipinski definition) is 2. The van der Waals surface area contributed by atoms with Crippen molar-refractivity contribution in [3.05, 3.63) is 58.0 Å². The highest BCUT2D eigenvalue weighted by atomic mass is 79.9. The summed E-state index contributed by atoms with van der Waals surface area (Å²) in [6.07, 6.45) is 0. The van der Waals surface area contributed by atoms with Crippen LogP contribution in [0, 0.1) is 0 Å². The van der Waals surface area contributed by atoms with E-state index in [0.29, 0.717) is 10.7 Å². The van der Waals surface area contributed by atoms with Crippen molar-refractivity contribution < 1.29 is 9.59 Å². The average molecular weight is 414 g/mol. The zero-order chi connectivity index (χ0) is 16.7. The number of carbonyl (C=O) groups is 2. The number of hydrogen-bond acceptors (Lipinski definition) is 3. The summed E-state index contributed by atoms with van der Waals surface area (Å²) in [7, 11) is 0. The smallest absolute Gasteiger partial charge is 0.243 e. The van der Waals surface area contributed by atoms with Crippen molar-refractivity contribution in [3.8, 4) is 0 Å². The van der Waals surface area contributed by atoms with E-state index in [1.807, 2.05) is 24.3 Å². The molecule has 2 aromatic carbocycles. The highest BCUT2D eigenvalue weighted by Crippen LogP contribution is 2.19. The number of nitrogens with one attached hydrogen (secondary N) is 2. The number of amides is 2. The Kier molecular flexibility index (Phi) is 6.95. The van der Waals surface area contributed by atoms with Crippen molar-refractivity contribution in [2.45, 2.75) is 4.90 Å². The Morgan fingerprint density at radius 1 is 1.00 bits per heavy atom. The summed E-state index contributed by atoms with van der Waals surface area (Å²) < 4.78 is 0.933. The third kappa shape index (κ3) is 6.64. The number of benzene rings is 2. The first-order valence-corrected chi connectivity index (χ1v) is 8.89. The van der Waals surface area contributed by atoms with Crippen molar-refractivity contribution in [2.24, 2.45) is 0 Å². The van der Waals surface area contributed by atoms with Gasteiger partial charge in [0, 0.05) is 20.1 Å². The normalized spacial score (nSPS) is 10.2. The third-order valence-corrected chi connectivity index (χ3v) is 4.55. The van der Waals surface area contributed by atoms with Crippen LogP contribution in [0.4, 0.5) is 5.69 Å². The number of rotatable bonds is 6. The lowest BCUT2D eigenvalue weighted by Gasteiger charge is -2.07. The fraction of sp³-hybridized carbons (Fsp3) is 0.125. The molecule has 0 aliphatic heterocycles. The van der Waals surface area contributed by atoms with Crippen LogP contribution in [0.1, 0.15) is 0 Å². The Labute approximate surface area is 152 Å². The Balaban J connectivity index is 1.70. The maximum absolute atomic E-state index is 11.8. The maximum Gasteiger partial charge on any atom is 0.243 e. The van der Waals surface area contributed by atoms with E-state index < -0.39 is 0 Å². The predicted molar refractivity (Wildman–Crippen MR) is 98.0 cm³/mol. The molecule has 0 atom stereocenters. The summed E-state index contributed by atoms with van der Waals surface area (Å²) in [5, 5.41) is 5.95. The number of carbonyl (C=O) groups excluding carboxylic acids is 2. The molecule has 0 spiro atoms. The molecule has 4 nitrogen and oxygen atoms in total. The number of halogens is 2. The largest absolute Gasteiger partial charge is 0.346 e. The van der Waals surface area contributed by atoms with Gasteiger partial charge in [0.2, 0.25) is 11.8 Å². The molecule has 0 radical (unpaired) electrons. The van der Waals surface area contributed by atoms with Crippen molar-refractivity contribution >= 4 is 56.8 Å². The molecule has 2 rings (SSSR count). The molecule has 2 amide bonds. The van der Waals surface area contributed by atoms with Gasteiger partial charge in [-0.05, 0) is 48.5 Å². The lowest BCUT2D eigenvalue weighted by molar-refractivity contribution is -0.122. The maximum atomic E-state index is 11.8. The van der Waals surface area contributed by atoms with E-state index in [-0.39, 0.29) is 24.1 Å². The molecule has 0 saturated heterocycles. The second kappa shape index (κ2) is 8.96. The lowest BCUT2D eigenvalue weighted by atomic mass is 10.3. The highest BCUT2D eigenvalue weighted by Gasteiger charge is 2.07. The summed E-state index contributed by atoms with van der Waals surface area (Å²) in [6.45, 7) is -0.0594. The van der Waals surface area contributed by atoms with Crippen molar-refractivity contribution in [1.82, 2.24) is 5.32 Å². The molecule has 0 unspecified atom stereocenters. The molecule has 0 saturated carbocycles. The van der Waals surface area contributed by atoms with Gasteiger partial charge < -0.3 is 10.6 Å². The number of thioether (sulfide) groups is 1. The Morgan fingerprint density at radius 2 is 1.65 bits per heavy atom. The van der Waals surface area contributed by atoms with Crippen LogP contribution >= 0.6 is 39.3 Å². The first kappa shape index (κ1) is 17.8. The predicted octanol–water partition coefficient (Wildman–Crippen LogP) is 3.95. The molecule has 2 aromatic rings. The summed E-state index contributed by atoms with van der Waals surface area (Å²) in [4.78, 5) is 24.4. The topological polar surface area (TPSA) is 58.2 Å². The van der Waals surface area contributed by atoms with Gasteiger partial charge in [0.1, 0.15) is 0 Å². The van der Waals surface area contributed by atoms with Crippen LogP contribution in [0.5, 0.6) is 0 Å². The van der Waals surface area contributed by atoms with Gasteiger partial charge in [-0.25, -0.2) is 0 Å². The quantitative estimate of drug-likeness (QED) is 0.705. The summed E-state index contributed by atoms with van der Waals surface area (Å²) in [5.41, 5.74) is 0.683. The van der Waals surface area contributed by atoms with Gasteiger partial charge in [-0.3, -0.25) is 9.59 Å². The highest BCUT2D eigenvalue weighted by molar-refractivity contribution is 9.10. The standard InChI is InChI=1S/C16H14BrClN2O2S/c17-11-1-5-13(6-2-11)20-15(21)9-19-16(22)10-23-14-7-3-12(18)4-8-14/h1-8H,9-10H2,(H,19,22)(H,20,21). The second-order valence-electron chi connectivity index (χ2n) is 4.57. The van der Waals surface area contributed by atoms with Crippen LogP contribution in [0.3, 0.4) is 0 Å². The van der Waals surface area contributed by atoms with E-state index in [1.54, 1.807) is 24.3 Å². The molecular formula is C16H14BrClN2O2S. The van der Waals surface area contributed by atoms with Crippen LogP contribution in [0.15, 0.2) is 57.9 Å². The fourth-order valence-electron chi connectivity index (χ4n) is 1.65. The molecule has 7 heteroatoms. The Hall–Kier alpha value is -1.50. The molecule has 0 aliphatic rings. The van der Waals surface area contributed by atoms with Gasteiger partial charge in [-0.1, -0.05) is 27.5 Å². The fourth-order valence-corrected chi connectivity index (χ4v) is 2.77. The minimum absolute atomic E-state index is 0.0594. The van der Waals surface area contributed by atoms with E-state index >= 15 is 0 Å². The van der Waals surface area contributed by atoms with E-state index in [1.165, 1.54) is 11.8 Å². The van der Waals surface area contributed by atoms with Gasteiger partial charge >= 0.3 is 0 Å². The SMILES string of the molecule is O=C(CSc1ccc(Cl)cc1)NCC(=O)Nc1ccc(Br)cc1. The molecule has 0 aromatic heterocycles. The van der Waals surface area contributed by atoms with E-state index in [9.17, 15) is 9.59 Å². The molecule has 0 heterocycles. The third-order valence-electron chi connectivity index (χ3n) is 2.76. The molecule has 0 fully saturated rings. The first-order chi connectivity index (χ1) is 11.0. The average Bonchev–Trinajstić information content (AvgIpc) is 2.54. The van der Waals surface area contributed by atoms with Crippen LogP contribution in [-0.4, -0.2) is 24.1 Å². The molecule has 0 aliphatic carbocycles. The minimum atomic E-state index is -0.267. The monoisotopic (exact) mass is 412 g/mol.